The van der Waals surface area contributed by atoms with E-state index in [4.69, 9.17) is 4.98 Å². The third-order valence-corrected chi connectivity index (χ3v) is 4.38. The molecule has 2 aliphatic rings. The monoisotopic (exact) mass is 289 g/mol. The summed E-state index contributed by atoms with van der Waals surface area (Å²) >= 11 is 0. The largest absolute Gasteiger partial charge is 0.373 e. The minimum absolute atomic E-state index is 0.112. The summed E-state index contributed by atoms with van der Waals surface area (Å²) in [7, 11) is 1.88. The first-order valence-corrected chi connectivity index (χ1v) is 7.83. The molecule has 0 saturated carbocycles. The van der Waals surface area contributed by atoms with Gasteiger partial charge in [0.05, 0.1) is 12.0 Å². The third-order valence-electron chi connectivity index (χ3n) is 4.38. The van der Waals surface area contributed by atoms with Gasteiger partial charge >= 0.3 is 0 Å². The zero-order chi connectivity index (χ0) is 14.8. The lowest BCUT2D eigenvalue weighted by atomic mass is 9.91. The highest BCUT2D eigenvalue weighted by Crippen LogP contribution is 2.31. The summed E-state index contributed by atoms with van der Waals surface area (Å²) < 4.78 is 0. The maximum Gasteiger partial charge on any atom is 0.225 e. The Morgan fingerprint density at radius 3 is 3.10 bits per heavy atom. The number of hydrogen-bond acceptors (Lipinski definition) is 5. The van der Waals surface area contributed by atoms with Crippen LogP contribution in [0.25, 0.3) is 0 Å². The SMILES string of the molecule is CCCc1nc(NC)cc(N2CCCC3C(=O)NCC32)n1. The number of amides is 1. The van der Waals surface area contributed by atoms with Crippen LogP contribution in [0.2, 0.25) is 0 Å². The van der Waals surface area contributed by atoms with Crippen LogP contribution in [0.5, 0.6) is 0 Å². The van der Waals surface area contributed by atoms with Gasteiger partial charge in [-0.1, -0.05) is 6.92 Å². The average Bonchev–Trinajstić information content (AvgIpc) is 2.89. The Labute approximate surface area is 125 Å². The smallest absolute Gasteiger partial charge is 0.225 e. The second kappa shape index (κ2) is 5.87. The van der Waals surface area contributed by atoms with Crippen molar-refractivity contribution in [1.82, 2.24) is 15.3 Å². The fourth-order valence-corrected chi connectivity index (χ4v) is 3.33. The van der Waals surface area contributed by atoms with E-state index in [1.54, 1.807) is 0 Å². The Kier molecular flexibility index (Phi) is 3.94. The Balaban J connectivity index is 1.91. The van der Waals surface area contributed by atoms with Crippen molar-refractivity contribution >= 4 is 17.5 Å². The molecule has 1 aromatic rings. The van der Waals surface area contributed by atoms with Gasteiger partial charge in [-0.3, -0.25) is 4.79 Å². The van der Waals surface area contributed by atoms with E-state index < -0.39 is 0 Å². The molecule has 2 aliphatic heterocycles. The molecule has 0 spiro atoms. The van der Waals surface area contributed by atoms with E-state index in [1.807, 2.05) is 13.1 Å². The van der Waals surface area contributed by atoms with Crippen molar-refractivity contribution in [3.8, 4) is 0 Å². The number of nitrogens with one attached hydrogen (secondary N) is 2. The molecule has 0 aliphatic carbocycles. The summed E-state index contributed by atoms with van der Waals surface area (Å²) in [6, 6.07) is 2.23. The van der Waals surface area contributed by atoms with E-state index in [-0.39, 0.29) is 17.9 Å². The maximum atomic E-state index is 11.9. The fourth-order valence-electron chi connectivity index (χ4n) is 3.33. The van der Waals surface area contributed by atoms with Crippen molar-refractivity contribution in [1.29, 1.82) is 0 Å². The quantitative estimate of drug-likeness (QED) is 0.871. The van der Waals surface area contributed by atoms with Crippen LogP contribution < -0.4 is 15.5 Å². The topological polar surface area (TPSA) is 70.2 Å². The molecule has 3 heterocycles. The van der Waals surface area contributed by atoms with E-state index in [1.165, 1.54) is 0 Å². The van der Waals surface area contributed by atoms with Crippen LogP contribution in [0.3, 0.4) is 0 Å². The number of carbonyl (C=O) groups excluding carboxylic acids is 1. The number of aromatic nitrogens is 2. The Hall–Kier alpha value is -1.85. The molecule has 21 heavy (non-hydrogen) atoms. The maximum absolute atomic E-state index is 11.9. The number of aryl methyl sites for hydroxylation is 1. The molecule has 2 N–H and O–H groups in total. The molecule has 3 rings (SSSR count). The van der Waals surface area contributed by atoms with Crippen LogP contribution in [0.15, 0.2) is 6.07 Å². The highest BCUT2D eigenvalue weighted by atomic mass is 16.2. The van der Waals surface area contributed by atoms with Crippen molar-refractivity contribution in [2.24, 2.45) is 5.92 Å². The van der Waals surface area contributed by atoms with Crippen LogP contribution in [-0.2, 0) is 11.2 Å². The van der Waals surface area contributed by atoms with E-state index in [2.05, 4.69) is 27.4 Å². The number of fused-ring (bicyclic) bond motifs is 1. The highest BCUT2D eigenvalue weighted by molar-refractivity contribution is 5.83. The molecule has 2 fully saturated rings. The molecule has 6 nitrogen and oxygen atoms in total. The lowest BCUT2D eigenvalue weighted by molar-refractivity contribution is -0.122. The molecule has 6 heteroatoms. The summed E-state index contributed by atoms with van der Waals surface area (Å²) in [4.78, 5) is 23.4. The predicted octanol–water partition coefficient (Wildman–Crippen LogP) is 1.19. The number of piperidine rings is 1. The van der Waals surface area contributed by atoms with Crippen LogP contribution >= 0.6 is 0 Å². The van der Waals surface area contributed by atoms with Crippen LogP contribution in [-0.4, -0.2) is 42.1 Å². The second-order valence-corrected chi connectivity index (χ2v) is 5.78. The summed E-state index contributed by atoms with van der Waals surface area (Å²) in [5.74, 6) is 2.98. The number of hydrogen-bond donors (Lipinski definition) is 2. The molecule has 0 aromatic carbocycles. The number of nitrogens with zero attached hydrogens (tertiary/aromatic N) is 3. The molecular formula is C15H23N5O. The molecule has 0 radical (unpaired) electrons. The molecule has 2 atom stereocenters. The minimum atomic E-state index is 0.112. The second-order valence-electron chi connectivity index (χ2n) is 5.78. The van der Waals surface area contributed by atoms with Gasteiger partial charge in [-0.25, -0.2) is 9.97 Å². The molecule has 2 saturated heterocycles. The summed E-state index contributed by atoms with van der Waals surface area (Å²) in [5.41, 5.74) is 0. The standard InChI is InChI=1S/C15H23N5O/c1-3-5-12-18-13(16-2)8-14(19-12)20-7-4-6-10-11(20)9-17-15(10)21/h8,10-11H,3-7,9H2,1-2H3,(H,17,21)(H,16,18,19). The van der Waals surface area contributed by atoms with Gasteiger partial charge in [-0.2, -0.15) is 0 Å². The van der Waals surface area contributed by atoms with Gasteiger partial charge in [0, 0.05) is 32.6 Å². The molecule has 1 aromatic heterocycles. The van der Waals surface area contributed by atoms with Gasteiger partial charge in [-0.15, -0.1) is 0 Å². The first-order valence-electron chi connectivity index (χ1n) is 7.83. The van der Waals surface area contributed by atoms with E-state index >= 15 is 0 Å². The summed E-state index contributed by atoms with van der Waals surface area (Å²) in [5, 5.41) is 6.10. The Bertz CT molecular complexity index is 533. The Morgan fingerprint density at radius 2 is 2.33 bits per heavy atom. The number of carbonyl (C=O) groups is 1. The van der Waals surface area contributed by atoms with Crippen LogP contribution in [0.4, 0.5) is 11.6 Å². The van der Waals surface area contributed by atoms with Crippen molar-refractivity contribution in [3.63, 3.8) is 0 Å². The van der Waals surface area contributed by atoms with Gasteiger partial charge in [0.2, 0.25) is 5.91 Å². The van der Waals surface area contributed by atoms with Crippen molar-refractivity contribution < 1.29 is 4.79 Å². The minimum Gasteiger partial charge on any atom is -0.373 e. The molecule has 2 unspecified atom stereocenters. The fraction of sp³-hybridized carbons (Fsp3) is 0.667. The van der Waals surface area contributed by atoms with E-state index in [0.29, 0.717) is 0 Å². The molecule has 0 bridgehead atoms. The van der Waals surface area contributed by atoms with Crippen LogP contribution in [0, 0.1) is 5.92 Å². The number of anilines is 2. The normalized spacial score (nSPS) is 24.7. The zero-order valence-electron chi connectivity index (χ0n) is 12.7. The van der Waals surface area contributed by atoms with Gasteiger partial charge in [-0.05, 0) is 19.3 Å². The lowest BCUT2D eigenvalue weighted by Gasteiger charge is -2.37. The average molecular weight is 289 g/mol. The van der Waals surface area contributed by atoms with Gasteiger partial charge in [0.1, 0.15) is 17.5 Å². The van der Waals surface area contributed by atoms with Crippen molar-refractivity contribution in [2.75, 3.05) is 30.4 Å². The predicted molar refractivity (Wildman–Crippen MR) is 82.4 cm³/mol. The zero-order valence-corrected chi connectivity index (χ0v) is 12.7. The van der Waals surface area contributed by atoms with Gasteiger partial charge < -0.3 is 15.5 Å². The van der Waals surface area contributed by atoms with Crippen LogP contribution in [0.1, 0.15) is 32.0 Å². The van der Waals surface area contributed by atoms with Gasteiger partial charge in [0.25, 0.3) is 0 Å². The van der Waals surface area contributed by atoms with Gasteiger partial charge in [0.15, 0.2) is 0 Å². The van der Waals surface area contributed by atoms with E-state index in [0.717, 1.165) is 56.2 Å². The lowest BCUT2D eigenvalue weighted by Crippen LogP contribution is -2.46. The summed E-state index contributed by atoms with van der Waals surface area (Å²) in [6.45, 7) is 3.82. The highest BCUT2D eigenvalue weighted by Gasteiger charge is 2.41. The van der Waals surface area contributed by atoms with E-state index in [9.17, 15) is 4.79 Å². The van der Waals surface area contributed by atoms with Crippen molar-refractivity contribution in [3.05, 3.63) is 11.9 Å². The van der Waals surface area contributed by atoms with Crippen molar-refractivity contribution in [2.45, 2.75) is 38.6 Å². The molecular weight excluding hydrogens is 266 g/mol. The summed E-state index contributed by atoms with van der Waals surface area (Å²) in [6.07, 6.45) is 3.93. The Morgan fingerprint density at radius 1 is 1.48 bits per heavy atom. The molecule has 114 valence electrons. The first-order chi connectivity index (χ1) is 10.2. The number of rotatable bonds is 4. The first kappa shape index (κ1) is 14.1. The molecule has 1 amide bonds. The third kappa shape index (κ3) is 2.66.